The molecule has 8 heteroatoms. The van der Waals surface area contributed by atoms with Crippen LogP contribution in [0.4, 0.5) is 0 Å². The van der Waals surface area contributed by atoms with E-state index in [0.29, 0.717) is 24.6 Å². The Kier molecular flexibility index (Phi) is 7.77. The predicted molar refractivity (Wildman–Crippen MR) is 167 cm³/mol. The molecule has 0 radical (unpaired) electrons. The summed E-state index contributed by atoms with van der Waals surface area (Å²) in [5.74, 6) is -0.0160. The van der Waals surface area contributed by atoms with Crippen molar-refractivity contribution < 1.29 is 28.5 Å². The molecule has 0 unspecified atom stereocenters. The molecule has 0 bridgehead atoms. The zero-order valence-corrected chi connectivity index (χ0v) is 25.3. The van der Waals surface area contributed by atoms with Crippen LogP contribution in [0.15, 0.2) is 121 Å². The first-order valence-corrected chi connectivity index (χ1v) is 15.4. The molecule has 3 aliphatic rings. The molecule has 6 atom stereocenters. The lowest BCUT2D eigenvalue weighted by molar-refractivity contribution is -0.188. The van der Waals surface area contributed by atoms with Crippen molar-refractivity contribution in [1.29, 1.82) is 0 Å². The van der Waals surface area contributed by atoms with Gasteiger partial charge in [0.2, 0.25) is 0 Å². The van der Waals surface area contributed by atoms with Gasteiger partial charge in [0.25, 0.3) is 11.8 Å². The molecule has 45 heavy (non-hydrogen) atoms. The number of hydrogen-bond acceptors (Lipinski definition) is 6. The summed E-state index contributed by atoms with van der Waals surface area (Å²) >= 11 is 0. The average molecular weight is 605 g/mol. The van der Waals surface area contributed by atoms with E-state index in [-0.39, 0.29) is 11.8 Å². The van der Waals surface area contributed by atoms with Gasteiger partial charge in [-0.05, 0) is 49.2 Å². The summed E-state index contributed by atoms with van der Waals surface area (Å²) in [4.78, 5) is 31.1. The Hall–Kier alpha value is -4.66. The monoisotopic (exact) mass is 604 g/mol. The van der Waals surface area contributed by atoms with Crippen molar-refractivity contribution >= 4 is 11.8 Å². The molecule has 0 saturated carbocycles. The van der Waals surface area contributed by atoms with E-state index in [0.717, 1.165) is 11.1 Å². The fourth-order valence-electron chi connectivity index (χ4n) is 6.58. The number of para-hydroxylation sites is 2. The first kappa shape index (κ1) is 29.1. The maximum absolute atomic E-state index is 13.7. The molecule has 2 amide bonds. The smallest absolute Gasteiger partial charge is 0.266 e. The molecule has 8 nitrogen and oxygen atoms in total. The highest BCUT2D eigenvalue weighted by Crippen LogP contribution is 2.44. The maximum Gasteiger partial charge on any atom is 0.266 e. The van der Waals surface area contributed by atoms with E-state index < -0.39 is 42.3 Å². The fraction of sp³-hybridized carbons (Fsp3) is 0.297. The molecule has 0 N–H and O–H groups in total. The van der Waals surface area contributed by atoms with Gasteiger partial charge in [0.05, 0.1) is 0 Å². The van der Waals surface area contributed by atoms with E-state index >= 15 is 0 Å². The molecular weight excluding hydrogens is 568 g/mol. The van der Waals surface area contributed by atoms with Crippen LogP contribution in [0.5, 0.6) is 11.5 Å². The number of benzene rings is 4. The number of likely N-dealkylation sites (tertiary alicyclic amines) is 2. The molecule has 3 fully saturated rings. The van der Waals surface area contributed by atoms with Crippen molar-refractivity contribution in [2.24, 2.45) is 0 Å². The second-order valence-corrected chi connectivity index (χ2v) is 12.2. The van der Waals surface area contributed by atoms with Crippen molar-refractivity contribution in [3.8, 4) is 11.5 Å². The topological polar surface area (TPSA) is 77.5 Å². The number of amides is 2. The molecule has 3 aliphatic heterocycles. The van der Waals surface area contributed by atoms with Gasteiger partial charge in [-0.25, -0.2) is 0 Å². The molecule has 4 aromatic carbocycles. The second kappa shape index (κ2) is 12.0. The average Bonchev–Trinajstić information content (AvgIpc) is 3.38. The van der Waals surface area contributed by atoms with Gasteiger partial charge in [0.15, 0.2) is 18.0 Å². The molecule has 3 heterocycles. The Morgan fingerprint density at radius 2 is 0.889 bits per heavy atom. The van der Waals surface area contributed by atoms with Crippen molar-refractivity contribution in [2.45, 2.75) is 69.2 Å². The number of rotatable bonds is 10. The highest BCUT2D eigenvalue weighted by Gasteiger charge is 2.65. The minimum absolute atomic E-state index is 0.123. The minimum atomic E-state index is -0.974. The molecule has 4 aromatic rings. The van der Waals surface area contributed by atoms with E-state index in [4.69, 9.17) is 18.9 Å². The van der Waals surface area contributed by atoms with Gasteiger partial charge in [0.1, 0.15) is 35.8 Å². The van der Waals surface area contributed by atoms with Crippen molar-refractivity contribution in [3.05, 3.63) is 132 Å². The first-order chi connectivity index (χ1) is 21.9. The summed E-state index contributed by atoms with van der Waals surface area (Å²) in [5, 5.41) is 0. The van der Waals surface area contributed by atoms with Crippen molar-refractivity contribution in [3.63, 3.8) is 0 Å². The summed E-state index contributed by atoms with van der Waals surface area (Å²) in [5.41, 5.74) is 2.00. The molecule has 230 valence electrons. The van der Waals surface area contributed by atoms with E-state index in [1.54, 1.807) is 9.80 Å². The third-order valence-electron chi connectivity index (χ3n) is 8.63. The molecular formula is C37H36N2O6. The van der Waals surface area contributed by atoms with Gasteiger partial charge >= 0.3 is 0 Å². The van der Waals surface area contributed by atoms with Crippen LogP contribution in [0.3, 0.4) is 0 Å². The Morgan fingerprint density at radius 3 is 1.24 bits per heavy atom. The van der Waals surface area contributed by atoms with Crippen LogP contribution < -0.4 is 9.47 Å². The molecule has 3 saturated heterocycles. The fourth-order valence-corrected chi connectivity index (χ4v) is 6.58. The van der Waals surface area contributed by atoms with Crippen LogP contribution in [-0.2, 0) is 32.2 Å². The largest absolute Gasteiger partial charge is 0.478 e. The molecule has 0 aromatic heterocycles. The van der Waals surface area contributed by atoms with Crippen LogP contribution in [0.25, 0.3) is 0 Å². The van der Waals surface area contributed by atoms with E-state index in [9.17, 15) is 9.59 Å². The number of carbonyl (C=O) groups excluding carboxylic acids is 2. The zero-order chi connectivity index (χ0) is 31.0. The van der Waals surface area contributed by atoms with E-state index in [1.165, 1.54) is 0 Å². The Labute approximate surface area is 263 Å². The van der Waals surface area contributed by atoms with E-state index in [1.807, 2.05) is 135 Å². The van der Waals surface area contributed by atoms with Crippen molar-refractivity contribution in [2.75, 3.05) is 0 Å². The van der Waals surface area contributed by atoms with Crippen LogP contribution in [0, 0.1) is 0 Å². The van der Waals surface area contributed by atoms with Crippen LogP contribution in [0.1, 0.15) is 25.0 Å². The van der Waals surface area contributed by atoms with Gasteiger partial charge in [0, 0.05) is 13.1 Å². The Bertz CT molecular complexity index is 1390. The number of nitrogens with zero attached hydrogens (tertiary/aromatic N) is 2. The summed E-state index contributed by atoms with van der Waals surface area (Å²) in [7, 11) is 0. The van der Waals surface area contributed by atoms with Crippen molar-refractivity contribution in [1.82, 2.24) is 9.80 Å². The summed E-state index contributed by atoms with van der Waals surface area (Å²) in [6, 6.07) is 37.5. The number of ether oxygens (including phenoxy) is 4. The quantitative estimate of drug-likeness (QED) is 0.231. The SMILES string of the molecule is CC1(C)O[C@@H]([C@H]2[C@@H](Oc3ccccc3)C(=O)N2Cc2ccccc2)[C@H]([C@H]2[C@@H](Oc3ccccc3)C(=O)N2Cc2ccccc2)O1. The first-order valence-electron chi connectivity index (χ1n) is 15.4. The highest BCUT2D eigenvalue weighted by molar-refractivity contribution is 5.90. The number of hydrogen-bond donors (Lipinski definition) is 0. The molecule has 7 rings (SSSR count). The van der Waals surface area contributed by atoms with Crippen LogP contribution in [0.2, 0.25) is 0 Å². The Balaban J connectivity index is 1.24. The normalized spacial score (nSPS) is 27.1. The summed E-state index contributed by atoms with van der Waals surface area (Å²) in [6.07, 6.45) is -2.78. The summed E-state index contributed by atoms with van der Waals surface area (Å²) < 4.78 is 26.0. The third-order valence-corrected chi connectivity index (χ3v) is 8.63. The Morgan fingerprint density at radius 1 is 0.556 bits per heavy atom. The van der Waals surface area contributed by atoms with Gasteiger partial charge in [-0.3, -0.25) is 9.59 Å². The maximum atomic E-state index is 13.7. The lowest BCUT2D eigenvalue weighted by Crippen LogP contribution is -2.76. The second-order valence-electron chi connectivity index (χ2n) is 12.2. The van der Waals surface area contributed by atoms with Gasteiger partial charge in [-0.1, -0.05) is 97.1 Å². The van der Waals surface area contributed by atoms with Gasteiger partial charge in [-0.2, -0.15) is 0 Å². The molecule has 0 spiro atoms. The standard InChI is InChI=1S/C37H36N2O6/c1-37(2)44-31(29-33(42-27-19-11-5-12-20-27)35(40)38(29)23-25-15-7-3-8-16-25)32(45-37)30-34(43-28-21-13-6-14-22-28)36(41)39(30)24-26-17-9-4-10-18-26/h3-22,29-34H,23-24H2,1-2H3/t29-,30-,31-,32-,33+,34+/m0/s1. The lowest BCUT2D eigenvalue weighted by Gasteiger charge is -2.53. The lowest BCUT2D eigenvalue weighted by atomic mass is 9.81. The van der Waals surface area contributed by atoms with Gasteiger partial charge < -0.3 is 28.7 Å². The van der Waals surface area contributed by atoms with Crippen LogP contribution >= 0.6 is 0 Å². The van der Waals surface area contributed by atoms with E-state index in [2.05, 4.69) is 0 Å². The third kappa shape index (κ3) is 5.79. The number of β-lactam (4-membered cyclic amide) rings is 2. The summed E-state index contributed by atoms with van der Waals surface area (Å²) in [6.45, 7) is 4.52. The minimum Gasteiger partial charge on any atom is -0.478 e. The highest BCUT2D eigenvalue weighted by atomic mass is 16.8. The van der Waals surface area contributed by atoms with Gasteiger partial charge in [-0.15, -0.1) is 0 Å². The molecule has 0 aliphatic carbocycles. The number of carbonyl (C=O) groups is 2. The van der Waals surface area contributed by atoms with Crippen LogP contribution in [-0.4, -0.2) is 63.9 Å². The zero-order valence-electron chi connectivity index (χ0n) is 25.3. The predicted octanol–water partition coefficient (Wildman–Crippen LogP) is 5.22.